The minimum absolute atomic E-state index is 0.145. The summed E-state index contributed by atoms with van der Waals surface area (Å²) in [5.41, 5.74) is 2.58. The molecule has 1 aliphatic rings. The molecule has 2 aromatic rings. The molecular weight excluding hydrogens is 362 g/mol. The van der Waals surface area contributed by atoms with Gasteiger partial charge in [0.15, 0.2) is 0 Å². The Morgan fingerprint density at radius 1 is 1.04 bits per heavy atom. The van der Waals surface area contributed by atoms with Crippen LogP contribution in [0.5, 0.6) is 5.75 Å². The number of hydrogen-bond acceptors (Lipinski definition) is 5. The standard InChI is InChI=1S/C20H27N3O3S/c1-16-4-9-19(26-3)20(14-16)27(24,25)21-18-7-5-17(6-8-18)15-23-12-10-22(2)11-13-23/h4-9,14,21H,10-13,15H2,1-3H3. The number of likely N-dealkylation sites (N-methyl/N-ethyl adjacent to an activating group) is 1. The van der Waals surface area contributed by atoms with E-state index >= 15 is 0 Å². The fourth-order valence-electron chi connectivity index (χ4n) is 3.15. The molecule has 0 atom stereocenters. The maximum atomic E-state index is 12.8. The van der Waals surface area contributed by atoms with E-state index in [9.17, 15) is 8.42 Å². The van der Waals surface area contributed by atoms with Gasteiger partial charge in [0.2, 0.25) is 0 Å². The van der Waals surface area contributed by atoms with Crippen LogP contribution in [0.1, 0.15) is 11.1 Å². The van der Waals surface area contributed by atoms with Crippen LogP contribution in [0.3, 0.4) is 0 Å². The molecule has 1 N–H and O–H groups in total. The highest BCUT2D eigenvalue weighted by Gasteiger charge is 2.20. The number of nitrogens with zero attached hydrogens (tertiary/aromatic N) is 2. The first-order valence-electron chi connectivity index (χ1n) is 9.05. The molecule has 7 heteroatoms. The van der Waals surface area contributed by atoms with Gasteiger partial charge in [-0.1, -0.05) is 18.2 Å². The molecule has 0 radical (unpaired) electrons. The molecule has 0 unspecified atom stereocenters. The summed E-state index contributed by atoms with van der Waals surface area (Å²) >= 11 is 0. The first-order valence-corrected chi connectivity index (χ1v) is 10.5. The number of sulfonamides is 1. The Hall–Kier alpha value is -2.09. The van der Waals surface area contributed by atoms with Crippen molar-refractivity contribution in [1.82, 2.24) is 9.80 Å². The lowest BCUT2D eigenvalue weighted by atomic mass is 10.2. The van der Waals surface area contributed by atoms with E-state index in [1.165, 1.54) is 12.7 Å². The van der Waals surface area contributed by atoms with Gasteiger partial charge in [0.1, 0.15) is 10.6 Å². The molecule has 0 bridgehead atoms. The number of ether oxygens (including phenoxy) is 1. The van der Waals surface area contributed by atoms with Gasteiger partial charge in [-0.3, -0.25) is 9.62 Å². The third-order valence-electron chi connectivity index (χ3n) is 4.82. The molecule has 0 spiro atoms. The number of hydrogen-bond donors (Lipinski definition) is 1. The van der Waals surface area contributed by atoms with Gasteiger partial charge in [0, 0.05) is 38.4 Å². The van der Waals surface area contributed by atoms with Crippen LogP contribution in [-0.2, 0) is 16.6 Å². The van der Waals surface area contributed by atoms with Crippen molar-refractivity contribution in [3.05, 3.63) is 53.6 Å². The summed E-state index contributed by atoms with van der Waals surface area (Å²) in [6.45, 7) is 7.00. The highest BCUT2D eigenvalue weighted by atomic mass is 32.2. The Kier molecular flexibility index (Phi) is 6.04. The molecule has 0 amide bonds. The number of anilines is 1. The number of piperazine rings is 1. The predicted molar refractivity (Wildman–Crippen MR) is 108 cm³/mol. The fourth-order valence-corrected chi connectivity index (χ4v) is 4.46. The van der Waals surface area contributed by atoms with Crippen LogP contribution < -0.4 is 9.46 Å². The minimum atomic E-state index is -3.72. The second-order valence-electron chi connectivity index (χ2n) is 7.04. The van der Waals surface area contributed by atoms with Gasteiger partial charge in [-0.05, 0) is 49.4 Å². The average molecular weight is 390 g/mol. The second-order valence-corrected chi connectivity index (χ2v) is 8.69. The molecule has 1 heterocycles. The zero-order valence-electron chi connectivity index (χ0n) is 16.1. The van der Waals surface area contributed by atoms with Crippen molar-refractivity contribution >= 4 is 15.7 Å². The smallest absolute Gasteiger partial charge is 0.265 e. The number of benzene rings is 2. The Labute approximate surface area is 161 Å². The van der Waals surface area contributed by atoms with Gasteiger partial charge in [-0.2, -0.15) is 0 Å². The first kappa shape index (κ1) is 19.7. The van der Waals surface area contributed by atoms with E-state index in [0.29, 0.717) is 11.4 Å². The Morgan fingerprint density at radius 2 is 1.70 bits per heavy atom. The molecule has 6 nitrogen and oxygen atoms in total. The van der Waals surface area contributed by atoms with Crippen molar-refractivity contribution in [2.24, 2.45) is 0 Å². The van der Waals surface area contributed by atoms with E-state index in [1.807, 2.05) is 37.3 Å². The summed E-state index contributed by atoms with van der Waals surface area (Å²) in [7, 11) is -0.106. The van der Waals surface area contributed by atoms with Crippen LogP contribution in [-0.4, -0.2) is 58.6 Å². The lowest BCUT2D eigenvalue weighted by Gasteiger charge is -2.32. The monoisotopic (exact) mass is 389 g/mol. The van der Waals surface area contributed by atoms with Gasteiger partial charge in [-0.25, -0.2) is 8.42 Å². The summed E-state index contributed by atoms with van der Waals surface area (Å²) in [5, 5.41) is 0. The van der Waals surface area contributed by atoms with Gasteiger partial charge >= 0.3 is 0 Å². The van der Waals surface area contributed by atoms with E-state index in [4.69, 9.17) is 4.74 Å². The Balaban J connectivity index is 1.70. The molecule has 146 valence electrons. The SMILES string of the molecule is COc1ccc(C)cc1S(=O)(=O)Nc1ccc(CN2CCN(C)CC2)cc1. The molecule has 0 aromatic heterocycles. The largest absolute Gasteiger partial charge is 0.495 e. The van der Waals surface area contributed by atoms with Crippen molar-refractivity contribution in [3.63, 3.8) is 0 Å². The third-order valence-corrected chi connectivity index (χ3v) is 6.22. The van der Waals surface area contributed by atoms with Crippen LogP contribution in [0.4, 0.5) is 5.69 Å². The summed E-state index contributed by atoms with van der Waals surface area (Å²) < 4.78 is 33.4. The molecule has 1 fully saturated rings. The lowest BCUT2D eigenvalue weighted by molar-refractivity contribution is 0.148. The van der Waals surface area contributed by atoms with E-state index in [2.05, 4.69) is 21.6 Å². The average Bonchev–Trinajstić information content (AvgIpc) is 2.65. The van der Waals surface area contributed by atoms with E-state index in [1.54, 1.807) is 12.1 Å². The van der Waals surface area contributed by atoms with Gasteiger partial charge < -0.3 is 9.64 Å². The Bertz CT molecular complexity index is 874. The number of nitrogens with one attached hydrogen (secondary N) is 1. The first-order chi connectivity index (χ1) is 12.9. The zero-order valence-corrected chi connectivity index (χ0v) is 16.9. The van der Waals surface area contributed by atoms with Crippen molar-refractivity contribution in [2.45, 2.75) is 18.4 Å². The highest BCUT2D eigenvalue weighted by molar-refractivity contribution is 7.92. The number of aryl methyl sites for hydroxylation is 1. The number of methoxy groups -OCH3 is 1. The topological polar surface area (TPSA) is 61.9 Å². The summed E-state index contributed by atoms with van der Waals surface area (Å²) in [5.74, 6) is 0.333. The van der Waals surface area contributed by atoms with E-state index in [0.717, 1.165) is 38.3 Å². The van der Waals surface area contributed by atoms with Crippen LogP contribution in [0.2, 0.25) is 0 Å². The van der Waals surface area contributed by atoms with Gasteiger partial charge in [0.25, 0.3) is 10.0 Å². The molecule has 1 aliphatic heterocycles. The molecule has 2 aromatic carbocycles. The predicted octanol–water partition coefficient (Wildman–Crippen LogP) is 2.55. The van der Waals surface area contributed by atoms with E-state index in [-0.39, 0.29) is 4.90 Å². The normalized spacial score (nSPS) is 16.3. The second kappa shape index (κ2) is 8.29. The van der Waals surface area contributed by atoms with Crippen molar-refractivity contribution in [3.8, 4) is 5.75 Å². The molecule has 3 rings (SSSR count). The molecule has 0 saturated carbocycles. The summed E-state index contributed by atoms with van der Waals surface area (Å²) in [4.78, 5) is 4.89. The minimum Gasteiger partial charge on any atom is -0.495 e. The summed E-state index contributed by atoms with van der Waals surface area (Å²) in [6.07, 6.45) is 0. The van der Waals surface area contributed by atoms with Crippen LogP contribution in [0.15, 0.2) is 47.4 Å². The summed E-state index contributed by atoms with van der Waals surface area (Å²) in [6, 6.07) is 12.7. The lowest BCUT2D eigenvalue weighted by Crippen LogP contribution is -2.43. The quantitative estimate of drug-likeness (QED) is 0.823. The molecular formula is C20H27N3O3S. The van der Waals surface area contributed by atoms with Crippen LogP contribution in [0, 0.1) is 6.92 Å². The molecule has 1 saturated heterocycles. The van der Waals surface area contributed by atoms with Crippen molar-refractivity contribution < 1.29 is 13.2 Å². The van der Waals surface area contributed by atoms with Crippen molar-refractivity contribution in [1.29, 1.82) is 0 Å². The van der Waals surface area contributed by atoms with E-state index < -0.39 is 10.0 Å². The molecule has 27 heavy (non-hydrogen) atoms. The zero-order chi connectivity index (χ0) is 19.4. The van der Waals surface area contributed by atoms with Crippen molar-refractivity contribution in [2.75, 3.05) is 45.1 Å². The highest BCUT2D eigenvalue weighted by Crippen LogP contribution is 2.27. The van der Waals surface area contributed by atoms with Crippen LogP contribution in [0.25, 0.3) is 0 Å². The number of rotatable bonds is 6. The molecule has 0 aliphatic carbocycles. The van der Waals surface area contributed by atoms with Gasteiger partial charge in [-0.15, -0.1) is 0 Å². The maximum Gasteiger partial charge on any atom is 0.265 e. The maximum absolute atomic E-state index is 12.8. The fraction of sp³-hybridized carbons (Fsp3) is 0.400. The van der Waals surface area contributed by atoms with Gasteiger partial charge in [0.05, 0.1) is 7.11 Å². The third kappa shape index (κ3) is 5.00. The Morgan fingerprint density at radius 3 is 2.33 bits per heavy atom. The van der Waals surface area contributed by atoms with Crippen LogP contribution >= 0.6 is 0 Å².